The summed E-state index contributed by atoms with van der Waals surface area (Å²) in [7, 11) is -3.34. The normalized spacial score (nSPS) is 21.2. The number of nitrogens with zero attached hydrogens (tertiary/aromatic N) is 1. The van der Waals surface area contributed by atoms with Crippen LogP contribution >= 0.6 is 0 Å². The molecule has 0 aromatic heterocycles. The first kappa shape index (κ1) is 14.2. The fraction of sp³-hybridized carbons (Fsp3) is 0.429. The molecule has 4 nitrogen and oxygen atoms in total. The Balaban J connectivity index is 2.02. The van der Waals surface area contributed by atoms with Crippen molar-refractivity contribution in [2.24, 2.45) is 5.92 Å². The number of aliphatic hydroxyl groups excluding tert-OH is 1. The van der Waals surface area contributed by atoms with E-state index in [9.17, 15) is 8.42 Å². The molecule has 0 saturated carbocycles. The first-order chi connectivity index (χ1) is 9.12. The summed E-state index contributed by atoms with van der Waals surface area (Å²) in [4.78, 5) is 0. The molecule has 104 valence electrons. The summed E-state index contributed by atoms with van der Waals surface area (Å²) in [6.07, 6.45) is 3.13. The quantitative estimate of drug-likeness (QED) is 0.893. The van der Waals surface area contributed by atoms with Crippen LogP contribution in [0.4, 0.5) is 0 Å². The highest BCUT2D eigenvalue weighted by Crippen LogP contribution is 2.22. The Morgan fingerprint density at radius 1 is 1.32 bits per heavy atom. The van der Waals surface area contributed by atoms with Crippen molar-refractivity contribution in [1.82, 2.24) is 4.31 Å². The van der Waals surface area contributed by atoms with Crippen LogP contribution in [0.15, 0.2) is 35.7 Å². The second-order valence-corrected chi connectivity index (χ2v) is 6.60. The van der Waals surface area contributed by atoms with E-state index in [2.05, 4.69) is 0 Å². The Morgan fingerprint density at radius 2 is 2.05 bits per heavy atom. The molecule has 0 radical (unpaired) electrons. The predicted octanol–water partition coefficient (Wildman–Crippen LogP) is 1.69. The van der Waals surface area contributed by atoms with Gasteiger partial charge in [-0.15, -0.1) is 0 Å². The minimum atomic E-state index is -3.34. The van der Waals surface area contributed by atoms with Crippen molar-refractivity contribution >= 4 is 16.1 Å². The van der Waals surface area contributed by atoms with Crippen LogP contribution in [0, 0.1) is 5.92 Å². The van der Waals surface area contributed by atoms with Gasteiger partial charge in [0.25, 0.3) is 0 Å². The maximum absolute atomic E-state index is 12.1. The van der Waals surface area contributed by atoms with Crippen LogP contribution < -0.4 is 0 Å². The van der Waals surface area contributed by atoms with Gasteiger partial charge in [0.2, 0.25) is 10.0 Å². The molecule has 1 aromatic rings. The number of hydrogen-bond acceptors (Lipinski definition) is 3. The standard InChI is InChI=1S/C14H19NO3S/c16-10-7-14-6-9-15(12-14)19(17,18)11-8-13-4-2-1-3-5-13/h1-5,8,11,14,16H,6-7,9-10,12H2/b11-8+. The van der Waals surface area contributed by atoms with E-state index >= 15 is 0 Å². The lowest BCUT2D eigenvalue weighted by Crippen LogP contribution is -2.27. The molecular weight excluding hydrogens is 262 g/mol. The summed E-state index contributed by atoms with van der Waals surface area (Å²) in [6.45, 7) is 1.19. The maximum atomic E-state index is 12.1. The van der Waals surface area contributed by atoms with Gasteiger partial charge in [0, 0.05) is 25.1 Å². The lowest BCUT2D eigenvalue weighted by atomic mass is 10.1. The molecular formula is C14H19NO3S. The molecule has 5 heteroatoms. The van der Waals surface area contributed by atoms with Gasteiger partial charge in [-0.1, -0.05) is 30.3 Å². The molecule has 1 fully saturated rings. The number of sulfonamides is 1. The zero-order valence-electron chi connectivity index (χ0n) is 10.8. The predicted molar refractivity (Wildman–Crippen MR) is 75.8 cm³/mol. The highest BCUT2D eigenvalue weighted by Gasteiger charge is 2.29. The highest BCUT2D eigenvalue weighted by molar-refractivity contribution is 7.92. The van der Waals surface area contributed by atoms with Crippen molar-refractivity contribution in [3.05, 3.63) is 41.3 Å². The largest absolute Gasteiger partial charge is 0.396 e. The Morgan fingerprint density at radius 3 is 2.74 bits per heavy atom. The molecule has 1 aromatic carbocycles. The summed E-state index contributed by atoms with van der Waals surface area (Å²) < 4.78 is 25.8. The van der Waals surface area contributed by atoms with Crippen LogP contribution in [0.1, 0.15) is 18.4 Å². The van der Waals surface area contributed by atoms with Gasteiger partial charge in [0.15, 0.2) is 0 Å². The van der Waals surface area contributed by atoms with Crippen molar-refractivity contribution in [2.45, 2.75) is 12.8 Å². The van der Waals surface area contributed by atoms with E-state index < -0.39 is 10.0 Å². The Labute approximate surface area is 114 Å². The molecule has 0 aliphatic carbocycles. The molecule has 1 N–H and O–H groups in total. The molecule has 1 atom stereocenters. The van der Waals surface area contributed by atoms with Gasteiger partial charge in [-0.3, -0.25) is 0 Å². The maximum Gasteiger partial charge on any atom is 0.236 e. The first-order valence-electron chi connectivity index (χ1n) is 6.46. The van der Waals surface area contributed by atoms with Gasteiger partial charge in [-0.2, -0.15) is 4.31 Å². The molecule has 1 heterocycles. The lowest BCUT2D eigenvalue weighted by molar-refractivity contribution is 0.260. The molecule has 0 amide bonds. The Kier molecular flexibility index (Phi) is 4.74. The minimum Gasteiger partial charge on any atom is -0.396 e. The van der Waals surface area contributed by atoms with Crippen LogP contribution in [-0.4, -0.2) is 37.5 Å². The Bertz CT molecular complexity index is 525. The molecule has 1 aliphatic rings. The van der Waals surface area contributed by atoms with E-state index in [1.807, 2.05) is 30.3 Å². The van der Waals surface area contributed by atoms with Gasteiger partial charge in [-0.25, -0.2) is 8.42 Å². The molecule has 1 unspecified atom stereocenters. The molecule has 1 saturated heterocycles. The summed E-state index contributed by atoms with van der Waals surface area (Å²) >= 11 is 0. The third kappa shape index (κ3) is 3.89. The minimum absolute atomic E-state index is 0.123. The third-order valence-corrected chi connectivity index (χ3v) is 4.91. The molecule has 2 rings (SSSR count). The van der Waals surface area contributed by atoms with Crippen LogP contribution in [0.5, 0.6) is 0 Å². The molecule has 19 heavy (non-hydrogen) atoms. The summed E-state index contributed by atoms with van der Waals surface area (Å²) in [6, 6.07) is 9.37. The number of benzene rings is 1. The molecule has 0 spiro atoms. The summed E-state index contributed by atoms with van der Waals surface area (Å²) in [5.74, 6) is 0.282. The van der Waals surface area contributed by atoms with Gasteiger partial charge in [0.1, 0.15) is 0 Å². The van der Waals surface area contributed by atoms with E-state index in [0.717, 1.165) is 12.0 Å². The first-order valence-corrected chi connectivity index (χ1v) is 7.96. The van der Waals surface area contributed by atoms with Crippen LogP contribution in [0.3, 0.4) is 0 Å². The monoisotopic (exact) mass is 281 g/mol. The molecule has 0 bridgehead atoms. The fourth-order valence-corrected chi connectivity index (χ4v) is 3.54. The fourth-order valence-electron chi connectivity index (χ4n) is 2.26. The van der Waals surface area contributed by atoms with Crippen molar-refractivity contribution < 1.29 is 13.5 Å². The van der Waals surface area contributed by atoms with Gasteiger partial charge < -0.3 is 5.11 Å². The second kappa shape index (κ2) is 6.32. The third-order valence-electron chi connectivity index (χ3n) is 3.38. The number of hydrogen-bond donors (Lipinski definition) is 1. The lowest BCUT2D eigenvalue weighted by Gasteiger charge is -2.13. The van der Waals surface area contributed by atoms with Crippen LogP contribution in [-0.2, 0) is 10.0 Å². The Hall–Kier alpha value is -1.17. The van der Waals surface area contributed by atoms with Crippen molar-refractivity contribution in [1.29, 1.82) is 0 Å². The summed E-state index contributed by atoms with van der Waals surface area (Å²) in [5.41, 5.74) is 0.872. The van der Waals surface area contributed by atoms with Crippen LogP contribution in [0.2, 0.25) is 0 Å². The van der Waals surface area contributed by atoms with Crippen molar-refractivity contribution in [3.8, 4) is 0 Å². The number of rotatable bonds is 5. The zero-order chi connectivity index (χ0) is 13.7. The SMILES string of the molecule is O=S(=O)(/C=C/c1ccccc1)N1CCC(CCO)C1. The average Bonchev–Trinajstić information content (AvgIpc) is 2.88. The van der Waals surface area contributed by atoms with Crippen LogP contribution in [0.25, 0.3) is 6.08 Å². The van der Waals surface area contributed by atoms with Crippen molar-refractivity contribution in [3.63, 3.8) is 0 Å². The van der Waals surface area contributed by atoms with E-state index in [-0.39, 0.29) is 12.5 Å². The van der Waals surface area contributed by atoms with Gasteiger partial charge >= 0.3 is 0 Å². The number of aliphatic hydroxyl groups is 1. The van der Waals surface area contributed by atoms with E-state index in [1.54, 1.807) is 6.08 Å². The van der Waals surface area contributed by atoms with Gasteiger partial charge in [-0.05, 0) is 30.4 Å². The molecule has 1 aliphatic heterocycles. The summed E-state index contributed by atoms with van der Waals surface area (Å²) in [5, 5.41) is 10.2. The highest BCUT2D eigenvalue weighted by atomic mass is 32.2. The topological polar surface area (TPSA) is 57.6 Å². The average molecular weight is 281 g/mol. The smallest absolute Gasteiger partial charge is 0.236 e. The van der Waals surface area contributed by atoms with E-state index in [1.165, 1.54) is 9.71 Å². The second-order valence-electron chi connectivity index (χ2n) is 4.78. The van der Waals surface area contributed by atoms with E-state index in [4.69, 9.17) is 5.11 Å². The zero-order valence-corrected chi connectivity index (χ0v) is 11.6. The van der Waals surface area contributed by atoms with Gasteiger partial charge in [0.05, 0.1) is 0 Å². The van der Waals surface area contributed by atoms with Crippen molar-refractivity contribution in [2.75, 3.05) is 19.7 Å². The van der Waals surface area contributed by atoms with E-state index in [0.29, 0.717) is 19.5 Å².